The predicted molar refractivity (Wildman–Crippen MR) is 78.8 cm³/mol. The zero-order valence-corrected chi connectivity index (χ0v) is 12.2. The highest BCUT2D eigenvalue weighted by Crippen LogP contribution is 2.31. The number of carboxylic acids is 1. The Morgan fingerprint density at radius 2 is 2.14 bits per heavy atom. The molecule has 2 N–H and O–H groups in total. The van der Waals surface area contributed by atoms with Crippen LogP contribution in [0.15, 0.2) is 23.8 Å². The molecule has 1 heterocycles. The van der Waals surface area contributed by atoms with Crippen molar-refractivity contribution in [3.63, 3.8) is 0 Å². The van der Waals surface area contributed by atoms with E-state index in [0.29, 0.717) is 29.9 Å². The minimum absolute atomic E-state index is 0.0683. The molecule has 3 rings (SSSR count). The van der Waals surface area contributed by atoms with Gasteiger partial charge in [-0.2, -0.15) is 0 Å². The van der Waals surface area contributed by atoms with Crippen molar-refractivity contribution < 1.29 is 24.2 Å². The largest absolute Gasteiger partial charge is 0.497 e. The molecule has 6 nitrogen and oxygen atoms in total. The Morgan fingerprint density at radius 1 is 1.36 bits per heavy atom. The number of aliphatic carboxylic acids is 1. The summed E-state index contributed by atoms with van der Waals surface area (Å²) in [6, 6.07) is 5.35. The third-order valence-electron chi connectivity index (χ3n) is 4.04. The Labute approximate surface area is 127 Å². The number of carboxylic acid groups (broad SMARTS) is 1. The van der Waals surface area contributed by atoms with Gasteiger partial charge in [0.1, 0.15) is 18.1 Å². The SMILES string of the molecule is COc1ccc2c(c1)C=C(C(=O)NC1CC(C(=O)O)C1)CO2. The second-order valence-corrected chi connectivity index (χ2v) is 5.54. The maximum atomic E-state index is 12.2. The van der Waals surface area contributed by atoms with Gasteiger partial charge in [0.15, 0.2) is 0 Å². The Balaban J connectivity index is 1.66. The van der Waals surface area contributed by atoms with Gasteiger partial charge >= 0.3 is 5.97 Å². The smallest absolute Gasteiger partial charge is 0.306 e. The standard InChI is InChI=1S/C16H17NO5/c1-21-13-2-3-14-9(7-13)4-11(8-22-14)15(18)17-12-5-10(6-12)16(19)20/h2-4,7,10,12H,5-6,8H2,1H3,(H,17,18)(H,19,20). The highest BCUT2D eigenvalue weighted by Gasteiger charge is 2.35. The minimum Gasteiger partial charge on any atom is -0.497 e. The molecular formula is C16H17NO5. The number of ether oxygens (including phenoxy) is 2. The molecule has 1 aromatic rings. The monoisotopic (exact) mass is 303 g/mol. The van der Waals surface area contributed by atoms with Crippen LogP contribution in [0.2, 0.25) is 0 Å². The predicted octanol–water partition coefficient (Wildman–Crippen LogP) is 1.45. The number of rotatable bonds is 4. The number of carbonyl (C=O) groups is 2. The van der Waals surface area contributed by atoms with Crippen molar-refractivity contribution in [2.75, 3.05) is 13.7 Å². The number of benzene rings is 1. The van der Waals surface area contributed by atoms with E-state index in [1.54, 1.807) is 19.3 Å². The molecule has 1 aliphatic carbocycles. The van der Waals surface area contributed by atoms with Gasteiger partial charge in [-0.15, -0.1) is 0 Å². The van der Waals surface area contributed by atoms with E-state index in [1.807, 2.05) is 12.1 Å². The summed E-state index contributed by atoms with van der Waals surface area (Å²) < 4.78 is 10.7. The number of hydrogen-bond donors (Lipinski definition) is 2. The molecule has 6 heteroatoms. The van der Waals surface area contributed by atoms with E-state index in [9.17, 15) is 9.59 Å². The van der Waals surface area contributed by atoms with E-state index >= 15 is 0 Å². The second-order valence-electron chi connectivity index (χ2n) is 5.54. The van der Waals surface area contributed by atoms with E-state index in [2.05, 4.69) is 5.32 Å². The van der Waals surface area contributed by atoms with Gasteiger partial charge in [0.2, 0.25) is 0 Å². The first-order chi connectivity index (χ1) is 10.6. The van der Waals surface area contributed by atoms with Gasteiger partial charge in [-0.3, -0.25) is 9.59 Å². The van der Waals surface area contributed by atoms with Crippen LogP contribution in [0, 0.1) is 5.92 Å². The highest BCUT2D eigenvalue weighted by molar-refractivity contribution is 5.99. The molecule has 22 heavy (non-hydrogen) atoms. The summed E-state index contributed by atoms with van der Waals surface area (Å²) in [4.78, 5) is 23.0. The number of methoxy groups -OCH3 is 1. The van der Waals surface area contributed by atoms with E-state index in [-0.39, 0.29) is 24.5 Å². The molecule has 116 valence electrons. The number of fused-ring (bicyclic) bond motifs is 1. The van der Waals surface area contributed by atoms with Gasteiger partial charge in [-0.25, -0.2) is 0 Å². The zero-order chi connectivity index (χ0) is 15.7. The molecule has 0 radical (unpaired) electrons. The van der Waals surface area contributed by atoms with Crippen molar-refractivity contribution in [2.45, 2.75) is 18.9 Å². The maximum absolute atomic E-state index is 12.2. The normalized spacial score (nSPS) is 22.5. The molecule has 1 aromatic carbocycles. The Bertz CT molecular complexity index is 646. The lowest BCUT2D eigenvalue weighted by Crippen LogP contribution is -2.47. The number of hydrogen-bond acceptors (Lipinski definition) is 4. The number of nitrogens with one attached hydrogen (secondary N) is 1. The zero-order valence-electron chi connectivity index (χ0n) is 12.2. The first-order valence-electron chi connectivity index (χ1n) is 7.12. The summed E-state index contributed by atoms with van der Waals surface area (Å²) in [5, 5.41) is 11.7. The Kier molecular flexibility index (Phi) is 3.75. The van der Waals surface area contributed by atoms with Crippen molar-refractivity contribution in [1.29, 1.82) is 0 Å². The van der Waals surface area contributed by atoms with Gasteiger partial charge in [-0.05, 0) is 37.1 Å². The summed E-state index contributed by atoms with van der Waals surface area (Å²) in [5.41, 5.74) is 1.33. The van der Waals surface area contributed by atoms with Crippen LogP contribution < -0.4 is 14.8 Å². The summed E-state index contributed by atoms with van der Waals surface area (Å²) in [6.45, 7) is 0.209. The lowest BCUT2D eigenvalue weighted by molar-refractivity contribution is -0.146. The van der Waals surface area contributed by atoms with Crippen molar-refractivity contribution in [2.24, 2.45) is 5.92 Å². The quantitative estimate of drug-likeness (QED) is 0.879. The van der Waals surface area contributed by atoms with Gasteiger partial charge in [-0.1, -0.05) is 0 Å². The first kappa shape index (κ1) is 14.4. The molecule has 0 aromatic heterocycles. The molecule has 1 amide bonds. The lowest BCUT2D eigenvalue weighted by Gasteiger charge is -2.33. The van der Waals surface area contributed by atoms with Crippen LogP contribution in [0.1, 0.15) is 18.4 Å². The third-order valence-corrected chi connectivity index (χ3v) is 4.04. The van der Waals surface area contributed by atoms with Crippen LogP contribution in [0.3, 0.4) is 0 Å². The third kappa shape index (κ3) is 2.77. The molecule has 1 saturated carbocycles. The van der Waals surface area contributed by atoms with Crippen LogP contribution in [0.4, 0.5) is 0 Å². The second kappa shape index (κ2) is 5.71. The molecule has 0 atom stereocenters. The summed E-state index contributed by atoms with van der Waals surface area (Å²) in [5.74, 6) is 0.0661. The van der Waals surface area contributed by atoms with Gasteiger partial charge in [0.25, 0.3) is 5.91 Å². The summed E-state index contributed by atoms with van der Waals surface area (Å²) in [6.07, 6.45) is 2.75. The van der Waals surface area contributed by atoms with Gasteiger partial charge in [0, 0.05) is 11.6 Å². The maximum Gasteiger partial charge on any atom is 0.306 e. The summed E-state index contributed by atoms with van der Waals surface area (Å²) in [7, 11) is 1.58. The molecule has 2 aliphatic rings. The van der Waals surface area contributed by atoms with Crippen LogP contribution in [0.25, 0.3) is 6.08 Å². The van der Waals surface area contributed by atoms with Crippen molar-refractivity contribution in [3.05, 3.63) is 29.3 Å². The van der Waals surface area contributed by atoms with Gasteiger partial charge < -0.3 is 19.9 Å². The van der Waals surface area contributed by atoms with Crippen LogP contribution >= 0.6 is 0 Å². The van der Waals surface area contributed by atoms with Crippen LogP contribution in [-0.4, -0.2) is 36.7 Å². The summed E-state index contributed by atoms with van der Waals surface area (Å²) >= 11 is 0. The number of carbonyl (C=O) groups excluding carboxylic acids is 1. The average Bonchev–Trinajstić information content (AvgIpc) is 2.48. The number of amides is 1. The Morgan fingerprint density at radius 3 is 2.82 bits per heavy atom. The average molecular weight is 303 g/mol. The molecular weight excluding hydrogens is 286 g/mol. The fourth-order valence-corrected chi connectivity index (χ4v) is 2.63. The lowest BCUT2D eigenvalue weighted by atomic mass is 9.80. The minimum atomic E-state index is -0.799. The van der Waals surface area contributed by atoms with E-state index < -0.39 is 5.97 Å². The fourth-order valence-electron chi connectivity index (χ4n) is 2.63. The van der Waals surface area contributed by atoms with E-state index in [1.165, 1.54) is 0 Å². The first-order valence-corrected chi connectivity index (χ1v) is 7.12. The molecule has 1 fully saturated rings. The van der Waals surface area contributed by atoms with Gasteiger partial charge in [0.05, 0.1) is 18.6 Å². The van der Waals surface area contributed by atoms with Crippen molar-refractivity contribution in [3.8, 4) is 11.5 Å². The van der Waals surface area contributed by atoms with Crippen molar-refractivity contribution in [1.82, 2.24) is 5.32 Å². The molecule has 0 saturated heterocycles. The fraction of sp³-hybridized carbons (Fsp3) is 0.375. The Hall–Kier alpha value is -2.50. The molecule has 1 aliphatic heterocycles. The van der Waals surface area contributed by atoms with Crippen LogP contribution in [0.5, 0.6) is 11.5 Å². The van der Waals surface area contributed by atoms with Crippen molar-refractivity contribution >= 4 is 18.0 Å². The highest BCUT2D eigenvalue weighted by atomic mass is 16.5. The van der Waals surface area contributed by atoms with E-state index in [0.717, 1.165) is 5.56 Å². The van der Waals surface area contributed by atoms with Crippen LogP contribution in [-0.2, 0) is 9.59 Å². The molecule has 0 spiro atoms. The van der Waals surface area contributed by atoms with E-state index in [4.69, 9.17) is 14.6 Å². The molecule has 0 bridgehead atoms. The topological polar surface area (TPSA) is 84.9 Å². The molecule has 0 unspecified atom stereocenters.